The van der Waals surface area contributed by atoms with Crippen LogP contribution >= 0.6 is 11.8 Å². The molecule has 1 aromatic rings. The first-order valence-corrected chi connectivity index (χ1v) is 6.27. The van der Waals surface area contributed by atoms with Crippen LogP contribution in [0.15, 0.2) is 12.1 Å². The molecule has 0 saturated heterocycles. The summed E-state index contributed by atoms with van der Waals surface area (Å²) in [4.78, 5) is 4.31. The predicted octanol–water partition coefficient (Wildman–Crippen LogP) is 2.43. The Morgan fingerprint density at radius 1 is 1.53 bits per heavy atom. The van der Waals surface area contributed by atoms with Crippen molar-refractivity contribution in [3.63, 3.8) is 0 Å². The van der Waals surface area contributed by atoms with Gasteiger partial charge in [-0.15, -0.1) is 0 Å². The number of anilines is 1. The normalized spacial score (nSPS) is 9.67. The van der Waals surface area contributed by atoms with Crippen molar-refractivity contribution >= 4 is 17.6 Å². The lowest BCUT2D eigenvalue weighted by atomic mass is 10.2. The Balaban J connectivity index is 2.54. The minimum absolute atomic E-state index is 0.662. The van der Waals surface area contributed by atoms with E-state index in [1.165, 1.54) is 0 Å². The highest BCUT2D eigenvalue weighted by Crippen LogP contribution is 2.09. The molecule has 0 fully saturated rings. The molecule has 80 valence electrons. The summed E-state index contributed by atoms with van der Waals surface area (Å²) in [5.74, 6) is 1.94. The summed E-state index contributed by atoms with van der Waals surface area (Å²) in [6.07, 6.45) is 3.21. The zero-order valence-corrected chi connectivity index (χ0v) is 9.90. The number of nitriles is 1. The monoisotopic (exact) mass is 221 g/mol. The first-order valence-electron chi connectivity index (χ1n) is 4.88. The van der Waals surface area contributed by atoms with E-state index >= 15 is 0 Å². The van der Waals surface area contributed by atoms with Gasteiger partial charge in [0.25, 0.3) is 0 Å². The molecule has 0 aliphatic heterocycles. The van der Waals surface area contributed by atoms with Gasteiger partial charge in [-0.2, -0.15) is 17.0 Å². The molecule has 15 heavy (non-hydrogen) atoms. The van der Waals surface area contributed by atoms with Gasteiger partial charge in [0.15, 0.2) is 0 Å². The molecule has 1 heterocycles. The standard InChI is InChI=1S/C11H15N3S/c1-9-6-10(8-12)7-11(14-9)13-4-3-5-15-2/h6-7H,3-5H2,1-2H3,(H,13,14). The highest BCUT2D eigenvalue weighted by Gasteiger charge is 1.98. The van der Waals surface area contributed by atoms with Crippen LogP contribution in [0.25, 0.3) is 0 Å². The van der Waals surface area contributed by atoms with Crippen LogP contribution in [0.2, 0.25) is 0 Å². The molecule has 1 aromatic heterocycles. The molecular formula is C11H15N3S. The molecule has 0 aliphatic carbocycles. The number of aromatic nitrogens is 1. The number of aryl methyl sites for hydroxylation is 1. The van der Waals surface area contributed by atoms with E-state index in [2.05, 4.69) is 22.6 Å². The van der Waals surface area contributed by atoms with Crippen molar-refractivity contribution in [1.82, 2.24) is 4.98 Å². The maximum absolute atomic E-state index is 8.79. The minimum Gasteiger partial charge on any atom is -0.370 e. The quantitative estimate of drug-likeness (QED) is 0.776. The first-order chi connectivity index (χ1) is 7.26. The summed E-state index contributed by atoms with van der Waals surface area (Å²) in [5, 5.41) is 12.0. The van der Waals surface area contributed by atoms with E-state index < -0.39 is 0 Å². The molecule has 1 rings (SSSR count). The number of nitrogens with zero attached hydrogens (tertiary/aromatic N) is 2. The van der Waals surface area contributed by atoms with Gasteiger partial charge in [0, 0.05) is 12.2 Å². The number of hydrogen-bond donors (Lipinski definition) is 1. The number of pyridine rings is 1. The molecule has 0 bridgehead atoms. The molecule has 0 atom stereocenters. The highest BCUT2D eigenvalue weighted by molar-refractivity contribution is 7.98. The van der Waals surface area contributed by atoms with E-state index in [1.807, 2.05) is 18.7 Å². The molecule has 0 aliphatic rings. The zero-order chi connectivity index (χ0) is 11.1. The Kier molecular flexibility index (Phi) is 4.99. The topological polar surface area (TPSA) is 48.7 Å². The maximum atomic E-state index is 8.79. The van der Waals surface area contributed by atoms with Crippen molar-refractivity contribution in [2.75, 3.05) is 23.9 Å². The fraction of sp³-hybridized carbons (Fsp3) is 0.455. The van der Waals surface area contributed by atoms with Crippen LogP contribution in [0.4, 0.5) is 5.82 Å². The van der Waals surface area contributed by atoms with Crippen LogP contribution in [0.5, 0.6) is 0 Å². The lowest BCUT2D eigenvalue weighted by Crippen LogP contribution is -2.05. The second kappa shape index (κ2) is 6.31. The van der Waals surface area contributed by atoms with Crippen molar-refractivity contribution in [2.24, 2.45) is 0 Å². The fourth-order valence-electron chi connectivity index (χ4n) is 1.26. The highest BCUT2D eigenvalue weighted by atomic mass is 32.2. The van der Waals surface area contributed by atoms with Crippen molar-refractivity contribution < 1.29 is 0 Å². The molecule has 0 spiro atoms. The van der Waals surface area contributed by atoms with E-state index in [0.717, 1.165) is 30.2 Å². The number of nitrogens with one attached hydrogen (secondary N) is 1. The average Bonchev–Trinajstić information content (AvgIpc) is 2.23. The Morgan fingerprint density at radius 2 is 2.33 bits per heavy atom. The van der Waals surface area contributed by atoms with Crippen molar-refractivity contribution in [1.29, 1.82) is 5.26 Å². The van der Waals surface area contributed by atoms with E-state index in [9.17, 15) is 0 Å². The van der Waals surface area contributed by atoms with E-state index in [1.54, 1.807) is 12.1 Å². The van der Waals surface area contributed by atoms with Crippen LogP contribution in [-0.2, 0) is 0 Å². The van der Waals surface area contributed by atoms with Gasteiger partial charge in [0.1, 0.15) is 5.82 Å². The van der Waals surface area contributed by atoms with Gasteiger partial charge in [-0.3, -0.25) is 0 Å². The summed E-state index contributed by atoms with van der Waals surface area (Å²) in [7, 11) is 0. The molecule has 3 nitrogen and oxygen atoms in total. The van der Waals surface area contributed by atoms with Gasteiger partial charge >= 0.3 is 0 Å². The maximum Gasteiger partial charge on any atom is 0.127 e. The largest absolute Gasteiger partial charge is 0.370 e. The summed E-state index contributed by atoms with van der Waals surface area (Å²) >= 11 is 1.83. The third-order valence-corrected chi connectivity index (χ3v) is 2.61. The second-order valence-electron chi connectivity index (χ2n) is 3.27. The molecular weight excluding hydrogens is 206 g/mol. The molecule has 0 aromatic carbocycles. The first kappa shape index (κ1) is 11.9. The zero-order valence-electron chi connectivity index (χ0n) is 9.08. The Labute approximate surface area is 94.9 Å². The van der Waals surface area contributed by atoms with Crippen LogP contribution in [0.3, 0.4) is 0 Å². The molecule has 1 N–H and O–H groups in total. The lowest BCUT2D eigenvalue weighted by Gasteiger charge is -2.05. The van der Waals surface area contributed by atoms with Gasteiger partial charge < -0.3 is 5.32 Å². The molecule has 4 heteroatoms. The Hall–Kier alpha value is -1.21. The number of rotatable bonds is 5. The number of hydrogen-bond acceptors (Lipinski definition) is 4. The van der Waals surface area contributed by atoms with Gasteiger partial charge in [-0.25, -0.2) is 4.98 Å². The smallest absolute Gasteiger partial charge is 0.127 e. The third kappa shape index (κ3) is 4.22. The van der Waals surface area contributed by atoms with Crippen LogP contribution in [0.1, 0.15) is 17.7 Å². The van der Waals surface area contributed by atoms with E-state index in [-0.39, 0.29) is 0 Å². The van der Waals surface area contributed by atoms with E-state index in [4.69, 9.17) is 5.26 Å². The van der Waals surface area contributed by atoms with E-state index in [0.29, 0.717) is 5.56 Å². The van der Waals surface area contributed by atoms with Crippen LogP contribution in [-0.4, -0.2) is 23.5 Å². The summed E-state index contributed by atoms with van der Waals surface area (Å²) in [5.41, 5.74) is 1.54. The summed E-state index contributed by atoms with van der Waals surface area (Å²) < 4.78 is 0. The van der Waals surface area contributed by atoms with Gasteiger partial charge in [0.2, 0.25) is 0 Å². The van der Waals surface area contributed by atoms with Gasteiger partial charge in [0.05, 0.1) is 11.6 Å². The lowest BCUT2D eigenvalue weighted by molar-refractivity contribution is 0.977. The van der Waals surface area contributed by atoms with Crippen molar-refractivity contribution in [2.45, 2.75) is 13.3 Å². The Morgan fingerprint density at radius 3 is 3.00 bits per heavy atom. The molecule has 0 saturated carbocycles. The number of thioether (sulfide) groups is 1. The Bertz CT molecular complexity index is 357. The van der Waals surface area contributed by atoms with Gasteiger partial charge in [-0.05, 0) is 37.5 Å². The van der Waals surface area contributed by atoms with Crippen molar-refractivity contribution in [3.05, 3.63) is 23.4 Å². The predicted molar refractivity (Wildman–Crippen MR) is 65.2 cm³/mol. The molecule has 0 unspecified atom stereocenters. The summed E-state index contributed by atoms with van der Waals surface area (Å²) in [6, 6.07) is 5.69. The van der Waals surface area contributed by atoms with Crippen LogP contribution < -0.4 is 5.32 Å². The van der Waals surface area contributed by atoms with Crippen LogP contribution in [0, 0.1) is 18.3 Å². The third-order valence-electron chi connectivity index (χ3n) is 1.91. The second-order valence-corrected chi connectivity index (χ2v) is 4.25. The molecule has 0 amide bonds. The SMILES string of the molecule is CSCCCNc1cc(C#N)cc(C)n1. The molecule has 0 radical (unpaired) electrons. The van der Waals surface area contributed by atoms with Gasteiger partial charge in [-0.1, -0.05) is 0 Å². The average molecular weight is 221 g/mol. The fourth-order valence-corrected chi connectivity index (χ4v) is 1.69. The summed E-state index contributed by atoms with van der Waals surface area (Å²) in [6.45, 7) is 2.80. The minimum atomic E-state index is 0.662. The van der Waals surface area contributed by atoms with Crippen molar-refractivity contribution in [3.8, 4) is 6.07 Å².